The maximum atomic E-state index is 10.8. The zero-order valence-electron chi connectivity index (χ0n) is 10.6. The van der Waals surface area contributed by atoms with Gasteiger partial charge in [0, 0.05) is 40.4 Å². The average Bonchev–Trinajstić information content (AvgIpc) is 2.25. The molecule has 0 aromatic heterocycles. The zero-order chi connectivity index (χ0) is 13.1. The third kappa shape index (κ3) is 11.4. The maximum absolute atomic E-state index is 10.8. The van der Waals surface area contributed by atoms with E-state index in [1.807, 2.05) is 0 Å². The Kier molecular flexibility index (Phi) is 8.73. The number of hydrogen-bond donors (Lipinski definition) is 3. The normalized spacial score (nSPS) is 12.5. The molecular formula is C9H22N4O3S. The predicted octanol–water partition coefficient (Wildman–Crippen LogP) is -1.26. The zero-order valence-corrected chi connectivity index (χ0v) is 11.4. The Morgan fingerprint density at radius 3 is 2.41 bits per heavy atom. The third-order valence-corrected chi connectivity index (χ3v) is 2.55. The van der Waals surface area contributed by atoms with Gasteiger partial charge in [0.1, 0.15) is 0 Å². The van der Waals surface area contributed by atoms with Crippen molar-refractivity contribution in [1.82, 2.24) is 15.4 Å². The summed E-state index contributed by atoms with van der Waals surface area (Å²) in [5.74, 6) is 0.649. The van der Waals surface area contributed by atoms with Gasteiger partial charge in [0.2, 0.25) is 10.0 Å². The maximum Gasteiger partial charge on any atom is 0.208 e. The lowest BCUT2D eigenvalue weighted by atomic mass is 10.4. The van der Waals surface area contributed by atoms with Crippen LogP contribution in [0.25, 0.3) is 0 Å². The molecule has 0 amide bonds. The van der Waals surface area contributed by atoms with E-state index in [2.05, 4.69) is 20.3 Å². The highest BCUT2D eigenvalue weighted by Gasteiger charge is 2.00. The van der Waals surface area contributed by atoms with E-state index >= 15 is 0 Å². The molecule has 0 aliphatic carbocycles. The number of nitrogens with zero attached hydrogens (tertiary/aromatic N) is 1. The molecule has 0 aromatic rings. The summed E-state index contributed by atoms with van der Waals surface area (Å²) in [6, 6.07) is 0. The SMILES string of the molecule is CN=C(NCCCOC)NCCNS(C)(=O)=O. The predicted molar refractivity (Wildman–Crippen MR) is 68.7 cm³/mol. The van der Waals surface area contributed by atoms with Crippen LogP contribution in [0.5, 0.6) is 0 Å². The van der Waals surface area contributed by atoms with Crippen molar-refractivity contribution < 1.29 is 13.2 Å². The number of rotatable bonds is 8. The summed E-state index contributed by atoms with van der Waals surface area (Å²) in [5.41, 5.74) is 0. The molecule has 0 fully saturated rings. The minimum absolute atomic E-state index is 0.331. The van der Waals surface area contributed by atoms with Crippen LogP contribution < -0.4 is 15.4 Å². The van der Waals surface area contributed by atoms with E-state index in [4.69, 9.17) is 4.74 Å². The van der Waals surface area contributed by atoms with Gasteiger partial charge in [0.25, 0.3) is 0 Å². The molecule has 0 unspecified atom stereocenters. The van der Waals surface area contributed by atoms with Crippen molar-refractivity contribution in [3.8, 4) is 0 Å². The van der Waals surface area contributed by atoms with Crippen LogP contribution in [-0.4, -0.2) is 61.0 Å². The summed E-state index contributed by atoms with van der Waals surface area (Å²) < 4.78 is 28.9. The van der Waals surface area contributed by atoms with Crippen LogP contribution in [0, 0.1) is 0 Å². The molecule has 8 heteroatoms. The second-order valence-electron chi connectivity index (χ2n) is 3.44. The van der Waals surface area contributed by atoms with Crippen LogP contribution in [0.1, 0.15) is 6.42 Å². The Bertz CT molecular complexity index is 316. The summed E-state index contributed by atoms with van der Waals surface area (Å²) >= 11 is 0. The van der Waals surface area contributed by atoms with Gasteiger partial charge in [-0.25, -0.2) is 13.1 Å². The Morgan fingerprint density at radius 1 is 1.24 bits per heavy atom. The van der Waals surface area contributed by atoms with Crippen molar-refractivity contribution in [3.63, 3.8) is 0 Å². The van der Waals surface area contributed by atoms with E-state index in [9.17, 15) is 8.42 Å². The molecule has 0 spiro atoms. The lowest BCUT2D eigenvalue weighted by molar-refractivity contribution is 0.195. The van der Waals surface area contributed by atoms with Gasteiger partial charge in [-0.05, 0) is 6.42 Å². The molecule has 0 aromatic carbocycles. The van der Waals surface area contributed by atoms with Crippen LogP contribution in [0.2, 0.25) is 0 Å². The highest BCUT2D eigenvalue weighted by Crippen LogP contribution is 1.77. The molecule has 102 valence electrons. The molecule has 7 nitrogen and oxygen atoms in total. The standard InChI is InChI=1S/C9H22N4O3S/c1-10-9(11-5-4-8-16-2)12-6-7-13-17(3,14)15/h13H,4-8H2,1-3H3,(H2,10,11,12). The van der Waals surface area contributed by atoms with Crippen LogP contribution >= 0.6 is 0 Å². The Hall–Kier alpha value is -0.860. The number of sulfonamides is 1. The van der Waals surface area contributed by atoms with Gasteiger partial charge in [-0.3, -0.25) is 4.99 Å². The van der Waals surface area contributed by atoms with Crippen molar-refractivity contribution in [1.29, 1.82) is 0 Å². The van der Waals surface area contributed by atoms with E-state index in [0.29, 0.717) is 25.7 Å². The first kappa shape index (κ1) is 16.1. The Labute approximate surface area is 103 Å². The first-order valence-corrected chi connectivity index (χ1v) is 7.27. The van der Waals surface area contributed by atoms with Crippen molar-refractivity contribution in [2.45, 2.75) is 6.42 Å². The molecule has 0 aliphatic rings. The number of methoxy groups -OCH3 is 1. The fourth-order valence-corrected chi connectivity index (χ4v) is 1.53. The molecule has 0 bridgehead atoms. The lowest BCUT2D eigenvalue weighted by Crippen LogP contribution is -2.41. The number of nitrogens with one attached hydrogen (secondary N) is 3. The van der Waals surface area contributed by atoms with Gasteiger partial charge >= 0.3 is 0 Å². The molecule has 0 saturated carbocycles. The van der Waals surface area contributed by atoms with E-state index < -0.39 is 10.0 Å². The minimum Gasteiger partial charge on any atom is -0.385 e. The monoisotopic (exact) mass is 266 g/mol. The first-order chi connectivity index (χ1) is 7.99. The quantitative estimate of drug-likeness (QED) is 0.290. The van der Waals surface area contributed by atoms with Crippen molar-refractivity contribution in [2.75, 3.05) is 46.7 Å². The molecule has 0 rings (SSSR count). The molecule has 0 atom stereocenters. The second kappa shape index (κ2) is 9.20. The van der Waals surface area contributed by atoms with Gasteiger partial charge in [-0.2, -0.15) is 0 Å². The molecular weight excluding hydrogens is 244 g/mol. The Morgan fingerprint density at radius 2 is 1.88 bits per heavy atom. The van der Waals surface area contributed by atoms with E-state index in [1.54, 1.807) is 14.2 Å². The molecule has 17 heavy (non-hydrogen) atoms. The lowest BCUT2D eigenvalue weighted by Gasteiger charge is -2.11. The number of guanidine groups is 1. The minimum atomic E-state index is -3.12. The van der Waals surface area contributed by atoms with Crippen molar-refractivity contribution >= 4 is 16.0 Å². The van der Waals surface area contributed by atoms with Crippen LogP contribution in [0.3, 0.4) is 0 Å². The highest BCUT2D eigenvalue weighted by atomic mass is 32.2. The van der Waals surface area contributed by atoms with Crippen LogP contribution in [-0.2, 0) is 14.8 Å². The van der Waals surface area contributed by atoms with Crippen LogP contribution in [0.4, 0.5) is 0 Å². The van der Waals surface area contributed by atoms with Crippen molar-refractivity contribution in [2.24, 2.45) is 4.99 Å². The van der Waals surface area contributed by atoms with Gasteiger partial charge in [-0.15, -0.1) is 0 Å². The van der Waals surface area contributed by atoms with Crippen LogP contribution in [0.15, 0.2) is 4.99 Å². The summed E-state index contributed by atoms with van der Waals surface area (Å²) in [6.45, 7) is 2.27. The fourth-order valence-electron chi connectivity index (χ4n) is 1.06. The summed E-state index contributed by atoms with van der Waals surface area (Å²) in [4.78, 5) is 4.00. The Balaban J connectivity index is 3.62. The largest absolute Gasteiger partial charge is 0.385 e. The van der Waals surface area contributed by atoms with Gasteiger partial charge in [-0.1, -0.05) is 0 Å². The second-order valence-corrected chi connectivity index (χ2v) is 5.27. The summed E-state index contributed by atoms with van der Waals surface area (Å²) in [6.07, 6.45) is 2.02. The molecule has 0 heterocycles. The summed E-state index contributed by atoms with van der Waals surface area (Å²) in [7, 11) is 0.199. The van der Waals surface area contributed by atoms with Gasteiger partial charge in [0.05, 0.1) is 6.26 Å². The van der Waals surface area contributed by atoms with Gasteiger partial charge < -0.3 is 15.4 Å². The average molecular weight is 266 g/mol. The molecule has 0 radical (unpaired) electrons. The molecule has 0 aliphatic heterocycles. The molecule has 0 saturated heterocycles. The number of ether oxygens (including phenoxy) is 1. The summed E-state index contributed by atoms with van der Waals surface area (Å²) in [5, 5.41) is 6.07. The third-order valence-electron chi connectivity index (χ3n) is 1.82. The van der Waals surface area contributed by atoms with Gasteiger partial charge in [0.15, 0.2) is 5.96 Å². The van der Waals surface area contributed by atoms with E-state index in [0.717, 1.165) is 19.2 Å². The topological polar surface area (TPSA) is 91.8 Å². The smallest absolute Gasteiger partial charge is 0.208 e. The first-order valence-electron chi connectivity index (χ1n) is 5.37. The van der Waals surface area contributed by atoms with E-state index in [-0.39, 0.29) is 0 Å². The number of hydrogen-bond acceptors (Lipinski definition) is 4. The van der Waals surface area contributed by atoms with Crippen molar-refractivity contribution in [3.05, 3.63) is 0 Å². The molecule has 3 N–H and O–H groups in total. The number of aliphatic imine (C=N–C) groups is 1. The fraction of sp³-hybridized carbons (Fsp3) is 0.889. The highest BCUT2D eigenvalue weighted by molar-refractivity contribution is 7.88. The van der Waals surface area contributed by atoms with E-state index in [1.165, 1.54) is 0 Å².